The van der Waals surface area contributed by atoms with Crippen molar-refractivity contribution in [2.24, 2.45) is 0 Å². The van der Waals surface area contributed by atoms with Crippen molar-refractivity contribution in [1.29, 1.82) is 0 Å². The Morgan fingerprint density at radius 1 is 1.28 bits per heavy atom. The van der Waals surface area contributed by atoms with E-state index in [-0.39, 0.29) is 18.0 Å². The number of aryl methyl sites for hydroxylation is 2. The van der Waals surface area contributed by atoms with E-state index in [0.29, 0.717) is 0 Å². The highest BCUT2D eigenvalue weighted by Crippen LogP contribution is 2.25. The first-order valence-electron chi connectivity index (χ1n) is 5.27. The van der Waals surface area contributed by atoms with Gasteiger partial charge in [0, 0.05) is 17.0 Å². The number of hydrogen-bond acceptors (Lipinski definition) is 4. The Balaban J connectivity index is 2.13. The molecule has 0 bridgehead atoms. The van der Waals surface area contributed by atoms with Crippen LogP contribution in [-0.2, 0) is 6.61 Å². The summed E-state index contributed by atoms with van der Waals surface area (Å²) in [4.78, 5) is 5.33. The number of hydrogen-bond donors (Lipinski definition) is 1. The van der Waals surface area contributed by atoms with Crippen molar-refractivity contribution < 1.29 is 13.5 Å². The molecular formula is C12H12F2N2OS. The van der Waals surface area contributed by atoms with Crippen molar-refractivity contribution in [3.63, 3.8) is 0 Å². The molecule has 2 N–H and O–H groups in total. The number of nitrogen functional groups attached to an aromatic ring is 1. The van der Waals surface area contributed by atoms with Gasteiger partial charge in [0.1, 0.15) is 17.4 Å². The third-order valence-corrected chi connectivity index (χ3v) is 3.52. The number of ether oxygens (including phenoxy) is 1. The van der Waals surface area contributed by atoms with Crippen LogP contribution in [-0.4, -0.2) is 4.98 Å². The molecular weight excluding hydrogens is 258 g/mol. The normalized spacial score (nSPS) is 10.7. The standard InChI is InChI=1S/C12H12F2N2OS/c1-6-7(2)18-12(16-6)5-17-11-4-8(13)10(15)3-9(11)14/h3-4H,5,15H2,1-2H3. The lowest BCUT2D eigenvalue weighted by Crippen LogP contribution is -2.00. The maximum Gasteiger partial charge on any atom is 0.167 e. The molecule has 0 aliphatic rings. The Hall–Kier alpha value is -1.69. The molecule has 1 aromatic heterocycles. The van der Waals surface area contributed by atoms with Gasteiger partial charge < -0.3 is 10.5 Å². The molecule has 0 aliphatic heterocycles. The van der Waals surface area contributed by atoms with E-state index in [2.05, 4.69) is 4.98 Å². The van der Waals surface area contributed by atoms with Crippen LogP contribution in [0.2, 0.25) is 0 Å². The molecule has 1 aromatic carbocycles. The van der Waals surface area contributed by atoms with E-state index in [0.717, 1.165) is 27.7 Å². The van der Waals surface area contributed by atoms with E-state index in [1.54, 1.807) is 0 Å². The van der Waals surface area contributed by atoms with Gasteiger partial charge in [-0.3, -0.25) is 0 Å². The smallest absolute Gasteiger partial charge is 0.167 e. The van der Waals surface area contributed by atoms with Gasteiger partial charge in [-0.15, -0.1) is 11.3 Å². The van der Waals surface area contributed by atoms with E-state index in [1.165, 1.54) is 11.3 Å². The fourth-order valence-electron chi connectivity index (χ4n) is 1.39. The highest BCUT2D eigenvalue weighted by Gasteiger charge is 2.10. The minimum absolute atomic E-state index is 0.111. The van der Waals surface area contributed by atoms with Gasteiger partial charge in [-0.05, 0) is 13.8 Å². The van der Waals surface area contributed by atoms with Crippen molar-refractivity contribution in [3.05, 3.63) is 39.3 Å². The van der Waals surface area contributed by atoms with Gasteiger partial charge in [0.2, 0.25) is 0 Å². The molecule has 3 nitrogen and oxygen atoms in total. The first kappa shape index (κ1) is 12.8. The van der Waals surface area contributed by atoms with E-state index >= 15 is 0 Å². The van der Waals surface area contributed by atoms with Crippen LogP contribution < -0.4 is 10.5 Å². The number of nitrogens with zero attached hydrogens (tertiary/aromatic N) is 1. The summed E-state index contributed by atoms with van der Waals surface area (Å²) < 4.78 is 31.8. The van der Waals surface area contributed by atoms with Gasteiger partial charge in [-0.25, -0.2) is 13.8 Å². The average Bonchev–Trinajstić information content (AvgIpc) is 2.62. The molecule has 6 heteroatoms. The zero-order valence-corrected chi connectivity index (χ0v) is 10.8. The first-order chi connectivity index (χ1) is 8.47. The maximum atomic E-state index is 13.4. The lowest BCUT2D eigenvalue weighted by molar-refractivity contribution is 0.288. The van der Waals surface area contributed by atoms with Crippen molar-refractivity contribution in [3.8, 4) is 5.75 Å². The summed E-state index contributed by atoms with van der Waals surface area (Å²) in [7, 11) is 0. The van der Waals surface area contributed by atoms with Crippen LogP contribution in [0, 0.1) is 25.5 Å². The van der Waals surface area contributed by atoms with Crippen LogP contribution in [0.3, 0.4) is 0 Å². The topological polar surface area (TPSA) is 48.1 Å². The average molecular weight is 270 g/mol. The first-order valence-corrected chi connectivity index (χ1v) is 6.09. The highest BCUT2D eigenvalue weighted by atomic mass is 32.1. The van der Waals surface area contributed by atoms with Gasteiger partial charge >= 0.3 is 0 Å². The molecule has 0 radical (unpaired) electrons. The number of benzene rings is 1. The van der Waals surface area contributed by atoms with E-state index < -0.39 is 11.6 Å². The summed E-state index contributed by atoms with van der Waals surface area (Å²) in [5.74, 6) is -1.54. The van der Waals surface area contributed by atoms with Crippen molar-refractivity contribution in [2.75, 3.05) is 5.73 Å². The Bertz CT molecular complexity index is 564. The third-order valence-electron chi connectivity index (χ3n) is 2.48. The van der Waals surface area contributed by atoms with Crippen LogP contribution in [0.1, 0.15) is 15.6 Å². The number of thiazole rings is 1. The molecule has 0 aliphatic carbocycles. The van der Waals surface area contributed by atoms with Gasteiger partial charge in [0.05, 0.1) is 11.4 Å². The monoisotopic (exact) mass is 270 g/mol. The summed E-state index contributed by atoms with van der Waals surface area (Å²) in [5.41, 5.74) is 5.92. The predicted octanol–water partition coefficient (Wildman–Crippen LogP) is 3.20. The fourth-order valence-corrected chi connectivity index (χ4v) is 2.24. The number of halogens is 2. The summed E-state index contributed by atoms with van der Waals surface area (Å²) in [6.07, 6.45) is 0. The molecule has 0 unspecified atom stereocenters. The zero-order valence-electron chi connectivity index (χ0n) is 9.96. The molecule has 0 saturated heterocycles. The van der Waals surface area contributed by atoms with Crippen LogP contribution in [0.25, 0.3) is 0 Å². The molecule has 2 aromatic rings. The largest absolute Gasteiger partial charge is 0.483 e. The van der Waals surface area contributed by atoms with Gasteiger partial charge in [-0.1, -0.05) is 0 Å². The second kappa shape index (κ2) is 4.89. The highest BCUT2D eigenvalue weighted by molar-refractivity contribution is 7.11. The summed E-state index contributed by atoms with van der Waals surface area (Å²) in [5, 5.41) is 0.724. The molecule has 96 valence electrons. The summed E-state index contributed by atoms with van der Waals surface area (Å²) in [6, 6.07) is 1.85. The van der Waals surface area contributed by atoms with Crippen molar-refractivity contribution in [2.45, 2.75) is 20.5 Å². The zero-order chi connectivity index (χ0) is 13.3. The van der Waals surface area contributed by atoms with Gasteiger partial charge in [-0.2, -0.15) is 0 Å². The molecule has 0 saturated carbocycles. The third kappa shape index (κ3) is 2.59. The Labute approximate surface area is 107 Å². The molecule has 18 heavy (non-hydrogen) atoms. The fraction of sp³-hybridized carbons (Fsp3) is 0.250. The van der Waals surface area contributed by atoms with Crippen LogP contribution >= 0.6 is 11.3 Å². The molecule has 0 atom stereocenters. The molecule has 0 spiro atoms. The number of nitrogens with two attached hydrogens (primary N) is 1. The van der Waals surface area contributed by atoms with Crippen LogP contribution in [0.15, 0.2) is 12.1 Å². The van der Waals surface area contributed by atoms with Crippen molar-refractivity contribution >= 4 is 17.0 Å². The van der Waals surface area contributed by atoms with E-state index in [9.17, 15) is 8.78 Å². The SMILES string of the molecule is Cc1nc(COc2cc(F)c(N)cc2F)sc1C. The molecule has 0 fully saturated rings. The quantitative estimate of drug-likeness (QED) is 0.871. The van der Waals surface area contributed by atoms with E-state index in [4.69, 9.17) is 10.5 Å². The Kier molecular flexibility index (Phi) is 3.47. The number of rotatable bonds is 3. The second-order valence-electron chi connectivity index (χ2n) is 3.84. The van der Waals surface area contributed by atoms with Crippen LogP contribution in [0.5, 0.6) is 5.75 Å². The van der Waals surface area contributed by atoms with Crippen molar-refractivity contribution in [1.82, 2.24) is 4.98 Å². The lowest BCUT2D eigenvalue weighted by Gasteiger charge is -2.06. The van der Waals surface area contributed by atoms with Gasteiger partial charge in [0.25, 0.3) is 0 Å². The molecule has 0 amide bonds. The van der Waals surface area contributed by atoms with Crippen LogP contribution in [0.4, 0.5) is 14.5 Å². The van der Waals surface area contributed by atoms with Gasteiger partial charge in [0.15, 0.2) is 11.6 Å². The molecule has 1 heterocycles. The second-order valence-corrected chi connectivity index (χ2v) is 5.13. The summed E-state index contributed by atoms with van der Waals surface area (Å²) >= 11 is 1.47. The number of aromatic nitrogens is 1. The number of anilines is 1. The molecule has 2 rings (SSSR count). The Morgan fingerprint density at radius 3 is 2.61 bits per heavy atom. The predicted molar refractivity (Wildman–Crippen MR) is 66.7 cm³/mol. The minimum Gasteiger partial charge on any atom is -0.483 e. The summed E-state index contributed by atoms with van der Waals surface area (Å²) in [6.45, 7) is 3.94. The van der Waals surface area contributed by atoms with E-state index in [1.807, 2.05) is 13.8 Å². The Morgan fingerprint density at radius 2 is 2.00 bits per heavy atom. The lowest BCUT2D eigenvalue weighted by atomic mass is 10.3. The maximum absolute atomic E-state index is 13.4. The minimum atomic E-state index is -0.696.